The van der Waals surface area contributed by atoms with Crippen LogP contribution in [0.1, 0.15) is 23.3 Å². The van der Waals surface area contributed by atoms with Crippen LogP contribution in [0.15, 0.2) is 37.1 Å². The number of nitrogens with zero attached hydrogens (tertiary/aromatic N) is 3. The zero-order chi connectivity index (χ0) is 12.1. The number of imidazole rings is 1. The Kier molecular flexibility index (Phi) is 3.59. The van der Waals surface area contributed by atoms with Crippen LogP contribution in [-0.2, 0) is 13.1 Å². The van der Waals surface area contributed by atoms with Gasteiger partial charge in [-0.3, -0.25) is 0 Å². The first-order valence-electron chi connectivity index (χ1n) is 5.61. The topological polar surface area (TPSA) is 60.0 Å². The highest BCUT2D eigenvalue weighted by Crippen LogP contribution is 2.05. The lowest BCUT2D eigenvalue weighted by Gasteiger charge is -2.06. The highest BCUT2D eigenvalue weighted by Gasteiger charge is 2.07. The third kappa shape index (κ3) is 2.96. The van der Waals surface area contributed by atoms with Gasteiger partial charge in [0.25, 0.3) is 0 Å². The maximum atomic E-state index is 10.9. The minimum absolute atomic E-state index is 0.354. The fourth-order valence-corrected chi connectivity index (χ4v) is 1.80. The smallest absolute Gasteiger partial charge is 0.352 e. The monoisotopic (exact) mass is 233 g/mol. The van der Waals surface area contributed by atoms with Gasteiger partial charge in [0.05, 0.1) is 6.33 Å². The largest absolute Gasteiger partial charge is 0.477 e. The molecule has 0 bridgehead atoms. The number of carbonyl (C=O) groups is 1. The van der Waals surface area contributed by atoms with Crippen molar-refractivity contribution < 1.29 is 9.90 Å². The van der Waals surface area contributed by atoms with E-state index in [0.717, 1.165) is 25.9 Å². The number of aryl methyl sites for hydroxylation is 2. The molecule has 2 heterocycles. The van der Waals surface area contributed by atoms with E-state index in [1.807, 2.05) is 10.8 Å². The Morgan fingerprint density at radius 2 is 2.12 bits per heavy atom. The van der Waals surface area contributed by atoms with Gasteiger partial charge in [-0.05, 0) is 25.0 Å². The number of carboxylic acids is 1. The molecule has 0 amide bonds. The summed E-state index contributed by atoms with van der Waals surface area (Å²) in [5.41, 5.74) is 0.354. The lowest BCUT2D eigenvalue weighted by Crippen LogP contribution is -2.08. The molecule has 0 saturated carbocycles. The van der Waals surface area contributed by atoms with Crippen LogP contribution in [0.4, 0.5) is 0 Å². The van der Waals surface area contributed by atoms with Gasteiger partial charge in [0.15, 0.2) is 0 Å². The van der Waals surface area contributed by atoms with Gasteiger partial charge < -0.3 is 14.2 Å². The van der Waals surface area contributed by atoms with Gasteiger partial charge in [-0.15, -0.1) is 0 Å². The Hall–Kier alpha value is -2.04. The van der Waals surface area contributed by atoms with E-state index >= 15 is 0 Å². The molecular weight excluding hydrogens is 218 g/mol. The summed E-state index contributed by atoms with van der Waals surface area (Å²) in [6.07, 6.45) is 9.24. The van der Waals surface area contributed by atoms with Crippen molar-refractivity contribution >= 4 is 5.97 Å². The number of carboxylic acid groups (broad SMARTS) is 1. The molecular formula is C12H15N3O2. The Labute approximate surface area is 99.3 Å². The van der Waals surface area contributed by atoms with Crippen LogP contribution in [0.25, 0.3) is 0 Å². The predicted molar refractivity (Wildman–Crippen MR) is 62.9 cm³/mol. The first-order chi connectivity index (χ1) is 8.27. The van der Waals surface area contributed by atoms with E-state index in [4.69, 9.17) is 5.11 Å². The van der Waals surface area contributed by atoms with Crippen molar-refractivity contribution in [3.63, 3.8) is 0 Å². The van der Waals surface area contributed by atoms with Crippen LogP contribution in [0.2, 0.25) is 0 Å². The minimum Gasteiger partial charge on any atom is -0.477 e. The molecule has 2 rings (SSSR count). The van der Waals surface area contributed by atoms with Crippen molar-refractivity contribution in [1.82, 2.24) is 14.1 Å². The van der Waals surface area contributed by atoms with Crippen LogP contribution in [0, 0.1) is 0 Å². The fraction of sp³-hybridized carbons (Fsp3) is 0.333. The molecule has 0 unspecified atom stereocenters. The first-order valence-corrected chi connectivity index (χ1v) is 5.61. The molecule has 0 fully saturated rings. The third-order valence-electron chi connectivity index (χ3n) is 2.67. The summed E-state index contributed by atoms with van der Waals surface area (Å²) in [4.78, 5) is 14.8. The molecule has 0 radical (unpaired) electrons. The summed E-state index contributed by atoms with van der Waals surface area (Å²) in [7, 11) is 0. The summed E-state index contributed by atoms with van der Waals surface area (Å²) in [5.74, 6) is -0.871. The Bertz CT molecular complexity index is 474. The molecule has 2 aromatic rings. The minimum atomic E-state index is -0.871. The molecule has 0 atom stereocenters. The number of aromatic carboxylic acids is 1. The maximum Gasteiger partial charge on any atom is 0.352 e. The van der Waals surface area contributed by atoms with Crippen molar-refractivity contribution in [1.29, 1.82) is 0 Å². The second-order valence-electron chi connectivity index (χ2n) is 3.90. The molecule has 17 heavy (non-hydrogen) atoms. The average molecular weight is 233 g/mol. The van der Waals surface area contributed by atoms with Gasteiger partial charge in [-0.1, -0.05) is 0 Å². The average Bonchev–Trinajstić information content (AvgIpc) is 2.95. The quantitative estimate of drug-likeness (QED) is 0.775. The first kappa shape index (κ1) is 11.4. The standard InChI is InChI=1S/C12H15N3O2/c16-12(17)11-4-3-8-15(11)7-2-1-6-14-9-5-13-10-14/h3-5,8-10H,1-2,6-7H2,(H,16,17). The van der Waals surface area contributed by atoms with Crippen molar-refractivity contribution in [2.45, 2.75) is 25.9 Å². The summed E-state index contributed by atoms with van der Waals surface area (Å²) in [6.45, 7) is 1.66. The lowest BCUT2D eigenvalue weighted by atomic mass is 10.3. The predicted octanol–water partition coefficient (Wildman–Crippen LogP) is 1.86. The molecule has 5 nitrogen and oxygen atoms in total. The van der Waals surface area contributed by atoms with Gasteiger partial charge in [-0.2, -0.15) is 0 Å². The summed E-state index contributed by atoms with van der Waals surface area (Å²) < 4.78 is 3.80. The van der Waals surface area contributed by atoms with Gasteiger partial charge in [0.2, 0.25) is 0 Å². The van der Waals surface area contributed by atoms with Crippen LogP contribution >= 0.6 is 0 Å². The molecule has 0 aliphatic rings. The van der Waals surface area contributed by atoms with Gasteiger partial charge in [-0.25, -0.2) is 9.78 Å². The van der Waals surface area contributed by atoms with Crippen molar-refractivity contribution in [2.75, 3.05) is 0 Å². The molecule has 0 aliphatic heterocycles. The highest BCUT2D eigenvalue weighted by atomic mass is 16.4. The SMILES string of the molecule is O=C(O)c1cccn1CCCCn1ccnc1. The Morgan fingerprint density at radius 3 is 2.82 bits per heavy atom. The molecule has 2 aromatic heterocycles. The summed E-state index contributed by atoms with van der Waals surface area (Å²) >= 11 is 0. The van der Waals surface area contributed by atoms with Gasteiger partial charge in [0, 0.05) is 31.7 Å². The van der Waals surface area contributed by atoms with Gasteiger partial charge >= 0.3 is 5.97 Å². The lowest BCUT2D eigenvalue weighted by molar-refractivity contribution is 0.0685. The highest BCUT2D eigenvalue weighted by molar-refractivity contribution is 5.85. The number of rotatable bonds is 6. The van der Waals surface area contributed by atoms with Crippen molar-refractivity contribution in [2.24, 2.45) is 0 Å². The van der Waals surface area contributed by atoms with E-state index < -0.39 is 5.97 Å². The zero-order valence-corrected chi connectivity index (χ0v) is 9.49. The van der Waals surface area contributed by atoms with Crippen LogP contribution in [0.5, 0.6) is 0 Å². The number of hydrogen-bond donors (Lipinski definition) is 1. The van der Waals surface area contributed by atoms with E-state index in [0.29, 0.717) is 5.69 Å². The summed E-state index contributed by atoms with van der Waals surface area (Å²) in [6, 6.07) is 3.39. The molecule has 0 aliphatic carbocycles. The van der Waals surface area contributed by atoms with E-state index in [1.165, 1.54) is 0 Å². The van der Waals surface area contributed by atoms with E-state index in [9.17, 15) is 4.79 Å². The van der Waals surface area contributed by atoms with Gasteiger partial charge in [0.1, 0.15) is 5.69 Å². The van der Waals surface area contributed by atoms with Crippen molar-refractivity contribution in [3.05, 3.63) is 42.7 Å². The van der Waals surface area contributed by atoms with Crippen molar-refractivity contribution in [3.8, 4) is 0 Å². The molecule has 1 N–H and O–H groups in total. The molecule has 0 saturated heterocycles. The van der Waals surface area contributed by atoms with Crippen LogP contribution in [-0.4, -0.2) is 25.2 Å². The summed E-state index contributed by atoms with van der Waals surface area (Å²) in [5, 5.41) is 8.93. The van der Waals surface area contributed by atoms with Crippen LogP contribution < -0.4 is 0 Å². The van der Waals surface area contributed by atoms with E-state index in [-0.39, 0.29) is 0 Å². The Balaban J connectivity index is 1.78. The second kappa shape index (κ2) is 5.34. The molecule has 0 spiro atoms. The number of hydrogen-bond acceptors (Lipinski definition) is 2. The Morgan fingerprint density at radius 1 is 1.29 bits per heavy atom. The third-order valence-corrected chi connectivity index (χ3v) is 2.67. The van der Waals surface area contributed by atoms with Crippen LogP contribution in [0.3, 0.4) is 0 Å². The molecule has 90 valence electrons. The number of aromatic nitrogens is 3. The van der Waals surface area contributed by atoms with E-state index in [1.54, 1.807) is 35.4 Å². The second-order valence-corrected chi connectivity index (χ2v) is 3.90. The molecule has 5 heteroatoms. The normalized spacial score (nSPS) is 10.6. The van der Waals surface area contributed by atoms with E-state index in [2.05, 4.69) is 4.98 Å². The zero-order valence-electron chi connectivity index (χ0n) is 9.49. The molecule has 0 aromatic carbocycles. The fourth-order valence-electron chi connectivity index (χ4n) is 1.80. The maximum absolute atomic E-state index is 10.9. The number of unbranched alkanes of at least 4 members (excludes halogenated alkanes) is 1.